The van der Waals surface area contributed by atoms with Crippen molar-refractivity contribution in [2.75, 3.05) is 11.5 Å². The van der Waals surface area contributed by atoms with Gasteiger partial charge in [0.1, 0.15) is 51.0 Å². The van der Waals surface area contributed by atoms with Gasteiger partial charge in [0.15, 0.2) is 0 Å². The zero-order valence-corrected chi connectivity index (χ0v) is 20.4. The predicted molar refractivity (Wildman–Crippen MR) is 146 cm³/mol. The summed E-state index contributed by atoms with van der Waals surface area (Å²) in [5, 5.41) is 0.326. The van der Waals surface area contributed by atoms with Gasteiger partial charge in [0.2, 0.25) is 0 Å². The first kappa shape index (κ1) is 23.9. The summed E-state index contributed by atoms with van der Waals surface area (Å²) < 4.78 is 23.9. The number of hydrogen-bond acceptors (Lipinski definition) is 6. The van der Waals surface area contributed by atoms with E-state index in [4.69, 9.17) is 42.0 Å². The summed E-state index contributed by atoms with van der Waals surface area (Å²) in [7, 11) is 0. The lowest BCUT2D eigenvalue weighted by molar-refractivity contribution is 0.448. The fourth-order valence-corrected chi connectivity index (χ4v) is 3.74. The smallest absolute Gasteiger partial charge is 0.149 e. The van der Waals surface area contributed by atoms with E-state index in [1.54, 1.807) is 54.6 Å². The second-order valence-corrected chi connectivity index (χ2v) is 8.45. The second kappa shape index (κ2) is 10.8. The van der Waals surface area contributed by atoms with Gasteiger partial charge in [-0.15, -0.1) is 0 Å². The first-order valence-electron chi connectivity index (χ1n) is 11.4. The van der Waals surface area contributed by atoms with Crippen LogP contribution in [0.2, 0.25) is 5.02 Å². The third-order valence-electron chi connectivity index (χ3n) is 5.18. The normalized spacial score (nSPS) is 10.5. The van der Waals surface area contributed by atoms with Crippen molar-refractivity contribution in [3.8, 4) is 46.0 Å². The summed E-state index contributed by atoms with van der Waals surface area (Å²) in [6, 6.07) is 34.2. The zero-order chi connectivity index (χ0) is 25.6. The Morgan fingerprint density at radius 3 is 1.14 bits per heavy atom. The van der Waals surface area contributed by atoms with Crippen molar-refractivity contribution in [3.05, 3.63) is 120 Å². The van der Waals surface area contributed by atoms with Crippen molar-refractivity contribution < 1.29 is 18.9 Å². The Kier molecular flexibility index (Phi) is 7.01. The van der Waals surface area contributed by atoms with E-state index in [0.29, 0.717) is 62.4 Å². The molecule has 0 bridgehead atoms. The van der Waals surface area contributed by atoms with Crippen LogP contribution in [-0.2, 0) is 0 Å². The minimum Gasteiger partial charge on any atom is -0.457 e. The van der Waals surface area contributed by atoms with E-state index >= 15 is 0 Å². The highest BCUT2D eigenvalue weighted by atomic mass is 35.5. The monoisotopic (exact) mass is 510 g/mol. The second-order valence-electron chi connectivity index (χ2n) is 8.07. The Hall–Kier alpha value is -4.81. The molecular formula is C30H23ClN2O4. The Morgan fingerprint density at radius 1 is 0.405 bits per heavy atom. The molecule has 0 unspecified atom stereocenters. The summed E-state index contributed by atoms with van der Waals surface area (Å²) >= 11 is 6.64. The third kappa shape index (κ3) is 6.25. The van der Waals surface area contributed by atoms with Crippen LogP contribution in [0.4, 0.5) is 11.4 Å². The van der Waals surface area contributed by atoms with Gasteiger partial charge in [0, 0.05) is 35.6 Å². The van der Waals surface area contributed by atoms with E-state index in [1.807, 2.05) is 60.7 Å². The molecule has 0 fully saturated rings. The average molecular weight is 511 g/mol. The Balaban J connectivity index is 1.30. The van der Waals surface area contributed by atoms with Crippen molar-refractivity contribution in [1.29, 1.82) is 0 Å². The molecule has 0 amide bonds. The fourth-order valence-electron chi connectivity index (χ4n) is 3.53. The summed E-state index contributed by atoms with van der Waals surface area (Å²) in [6.07, 6.45) is 0. The lowest BCUT2D eigenvalue weighted by Gasteiger charge is -2.14. The van der Waals surface area contributed by atoms with Crippen LogP contribution in [0.25, 0.3) is 0 Å². The number of rotatable bonds is 8. The number of nitrogens with two attached hydrogens (primary N) is 2. The summed E-state index contributed by atoms with van der Waals surface area (Å²) in [6.45, 7) is 0. The maximum Gasteiger partial charge on any atom is 0.149 e. The number of benzene rings is 5. The van der Waals surface area contributed by atoms with Crippen molar-refractivity contribution >= 4 is 23.0 Å². The molecule has 0 aliphatic heterocycles. The molecule has 5 aromatic rings. The molecule has 0 atom stereocenters. The van der Waals surface area contributed by atoms with E-state index in [2.05, 4.69) is 0 Å². The molecule has 0 heterocycles. The molecule has 0 saturated carbocycles. The molecule has 4 N–H and O–H groups in total. The first-order chi connectivity index (χ1) is 18.0. The largest absolute Gasteiger partial charge is 0.457 e. The molecule has 0 aromatic heterocycles. The predicted octanol–water partition coefficient (Wildman–Crippen LogP) is 8.67. The van der Waals surface area contributed by atoms with Crippen LogP contribution in [0.5, 0.6) is 46.0 Å². The van der Waals surface area contributed by atoms with Gasteiger partial charge in [-0.3, -0.25) is 0 Å². The Bertz CT molecular complexity index is 1430. The third-order valence-corrected chi connectivity index (χ3v) is 5.55. The summed E-state index contributed by atoms with van der Waals surface area (Å²) in [4.78, 5) is 0. The Morgan fingerprint density at radius 2 is 0.730 bits per heavy atom. The maximum atomic E-state index is 6.64. The highest BCUT2D eigenvalue weighted by Gasteiger charge is 2.12. The highest BCUT2D eigenvalue weighted by molar-refractivity contribution is 6.33. The van der Waals surface area contributed by atoms with Gasteiger partial charge in [0.05, 0.1) is 0 Å². The summed E-state index contributed by atoms with van der Waals surface area (Å²) in [5.41, 5.74) is 12.9. The van der Waals surface area contributed by atoms with Gasteiger partial charge in [-0.05, 0) is 60.7 Å². The fraction of sp³-hybridized carbons (Fsp3) is 0. The van der Waals surface area contributed by atoms with Crippen LogP contribution in [0.3, 0.4) is 0 Å². The molecule has 0 aliphatic rings. The van der Waals surface area contributed by atoms with E-state index in [-0.39, 0.29) is 0 Å². The lowest BCUT2D eigenvalue weighted by atomic mass is 10.3. The van der Waals surface area contributed by atoms with Gasteiger partial charge in [-0.25, -0.2) is 0 Å². The van der Waals surface area contributed by atoms with Gasteiger partial charge >= 0.3 is 0 Å². The van der Waals surface area contributed by atoms with Crippen LogP contribution < -0.4 is 30.4 Å². The van der Waals surface area contributed by atoms with Gasteiger partial charge in [-0.2, -0.15) is 0 Å². The van der Waals surface area contributed by atoms with Crippen LogP contribution in [-0.4, -0.2) is 0 Å². The van der Waals surface area contributed by atoms with E-state index in [1.165, 1.54) is 0 Å². The number of anilines is 2. The van der Waals surface area contributed by atoms with Crippen molar-refractivity contribution in [1.82, 2.24) is 0 Å². The minimum absolute atomic E-state index is 0.326. The van der Waals surface area contributed by atoms with Crippen molar-refractivity contribution in [2.24, 2.45) is 0 Å². The van der Waals surface area contributed by atoms with Crippen LogP contribution in [0.1, 0.15) is 0 Å². The minimum atomic E-state index is 0.326. The van der Waals surface area contributed by atoms with E-state index in [0.717, 1.165) is 0 Å². The quantitative estimate of drug-likeness (QED) is 0.203. The van der Waals surface area contributed by atoms with Gasteiger partial charge in [-0.1, -0.05) is 41.9 Å². The molecule has 0 aliphatic carbocycles. The number of hydrogen-bond donors (Lipinski definition) is 2. The van der Waals surface area contributed by atoms with Crippen LogP contribution in [0, 0.1) is 0 Å². The molecule has 184 valence electrons. The van der Waals surface area contributed by atoms with Crippen molar-refractivity contribution in [3.63, 3.8) is 0 Å². The highest BCUT2D eigenvalue weighted by Crippen LogP contribution is 2.40. The summed E-state index contributed by atoms with van der Waals surface area (Å²) in [5.74, 6) is 4.45. The van der Waals surface area contributed by atoms with E-state index < -0.39 is 0 Å². The van der Waals surface area contributed by atoms with Crippen molar-refractivity contribution in [2.45, 2.75) is 0 Å². The molecule has 5 rings (SSSR count). The molecular weight excluding hydrogens is 488 g/mol. The topological polar surface area (TPSA) is 89.0 Å². The van der Waals surface area contributed by atoms with E-state index in [9.17, 15) is 0 Å². The molecule has 37 heavy (non-hydrogen) atoms. The van der Waals surface area contributed by atoms with Gasteiger partial charge in [0.25, 0.3) is 0 Å². The lowest BCUT2D eigenvalue weighted by Crippen LogP contribution is -1.91. The maximum absolute atomic E-state index is 6.64. The Labute approximate surface area is 219 Å². The molecule has 6 nitrogen and oxygen atoms in total. The van der Waals surface area contributed by atoms with Gasteiger partial charge < -0.3 is 30.4 Å². The number of ether oxygens (including phenoxy) is 4. The standard InChI is InChI=1S/C30H23ClN2O4/c31-30-28(36-26-12-3-10-24(18-26)34-22-8-1-6-20(32)16-22)14-5-15-29(30)37-27-13-4-11-25(19-27)35-23-9-2-7-21(33)17-23/h1-19H,32-33H2. The molecule has 0 saturated heterocycles. The first-order valence-corrected chi connectivity index (χ1v) is 11.8. The number of nitrogen functional groups attached to an aromatic ring is 2. The van der Waals surface area contributed by atoms with Crippen LogP contribution in [0.15, 0.2) is 115 Å². The van der Waals surface area contributed by atoms with Crippen LogP contribution >= 0.6 is 11.6 Å². The zero-order valence-electron chi connectivity index (χ0n) is 19.6. The molecule has 7 heteroatoms. The molecule has 0 radical (unpaired) electrons. The molecule has 0 spiro atoms. The molecule has 5 aromatic carbocycles. The average Bonchev–Trinajstić information content (AvgIpc) is 2.87. The number of halogens is 1. The SMILES string of the molecule is Nc1cccc(Oc2cccc(Oc3cccc(Oc4cccc(Oc5cccc(N)c5)c4)c3Cl)c2)c1.